The van der Waals surface area contributed by atoms with Gasteiger partial charge < -0.3 is 15.4 Å². The van der Waals surface area contributed by atoms with E-state index in [0.29, 0.717) is 0 Å². The number of hydrogen-bond donors (Lipinski definition) is 2. The van der Waals surface area contributed by atoms with E-state index in [9.17, 15) is 5.11 Å². The van der Waals surface area contributed by atoms with Crippen LogP contribution in [0.5, 0.6) is 5.75 Å². The molecular weight excluding hydrogens is 202 g/mol. The molecule has 1 atom stereocenters. The largest absolute Gasteiger partial charge is 0.508 e. The predicted octanol–water partition coefficient (Wildman–Crippen LogP) is 1.91. The van der Waals surface area contributed by atoms with Crippen LogP contribution < -0.4 is 5.73 Å². The normalized spacial score (nSPS) is 12.7. The topological polar surface area (TPSA) is 64.1 Å². The first-order chi connectivity index (χ1) is 7.59. The van der Waals surface area contributed by atoms with E-state index < -0.39 is 0 Å². The molecule has 0 bridgehead atoms. The number of nitrogens with two attached hydrogens (primary N) is 1. The first-order valence-electron chi connectivity index (χ1n) is 5.17. The number of aryl methyl sites for hydroxylation is 1. The highest BCUT2D eigenvalue weighted by Gasteiger charge is 2.10. The molecule has 1 aromatic heterocycles. The summed E-state index contributed by atoms with van der Waals surface area (Å²) in [4.78, 5) is 4.10. The fourth-order valence-corrected chi connectivity index (χ4v) is 1.75. The van der Waals surface area contributed by atoms with Crippen molar-refractivity contribution in [1.82, 2.24) is 9.55 Å². The Morgan fingerprint density at radius 3 is 2.81 bits per heavy atom. The van der Waals surface area contributed by atoms with Crippen LogP contribution in [0.4, 0.5) is 0 Å². The second-order valence-electron chi connectivity index (χ2n) is 3.95. The Hall–Kier alpha value is -1.81. The highest BCUT2D eigenvalue weighted by Crippen LogP contribution is 2.22. The van der Waals surface area contributed by atoms with Crippen molar-refractivity contribution in [3.8, 4) is 11.4 Å². The van der Waals surface area contributed by atoms with Gasteiger partial charge in [0.1, 0.15) is 5.75 Å². The molecule has 0 fully saturated rings. The molecule has 4 heteroatoms. The summed E-state index contributed by atoms with van der Waals surface area (Å²) < 4.78 is 1.94. The SMILES string of the molecule is Cc1cc(O)ccc1-n1cncc1C(C)N. The Bertz CT molecular complexity index is 503. The number of phenolic OH excluding ortho intramolecular Hbond substituents is 1. The molecule has 0 saturated heterocycles. The molecule has 4 nitrogen and oxygen atoms in total. The zero-order chi connectivity index (χ0) is 11.7. The fraction of sp³-hybridized carbons (Fsp3) is 0.250. The Morgan fingerprint density at radius 2 is 2.19 bits per heavy atom. The van der Waals surface area contributed by atoms with Gasteiger partial charge in [-0.05, 0) is 37.6 Å². The highest BCUT2D eigenvalue weighted by atomic mass is 16.3. The van der Waals surface area contributed by atoms with Gasteiger partial charge in [-0.15, -0.1) is 0 Å². The maximum Gasteiger partial charge on any atom is 0.115 e. The molecule has 1 unspecified atom stereocenters. The molecule has 84 valence electrons. The summed E-state index contributed by atoms with van der Waals surface area (Å²) in [6.45, 7) is 3.86. The maximum atomic E-state index is 9.36. The molecule has 0 radical (unpaired) electrons. The lowest BCUT2D eigenvalue weighted by Gasteiger charge is -2.13. The van der Waals surface area contributed by atoms with Crippen LogP contribution in [-0.4, -0.2) is 14.7 Å². The van der Waals surface area contributed by atoms with Crippen LogP contribution in [0.25, 0.3) is 5.69 Å². The van der Waals surface area contributed by atoms with E-state index in [4.69, 9.17) is 5.73 Å². The van der Waals surface area contributed by atoms with Gasteiger partial charge in [0.2, 0.25) is 0 Å². The van der Waals surface area contributed by atoms with E-state index in [-0.39, 0.29) is 11.8 Å². The van der Waals surface area contributed by atoms with Crippen LogP contribution in [-0.2, 0) is 0 Å². The van der Waals surface area contributed by atoms with E-state index in [0.717, 1.165) is 16.9 Å². The van der Waals surface area contributed by atoms with E-state index in [1.54, 1.807) is 24.7 Å². The van der Waals surface area contributed by atoms with Gasteiger partial charge in [-0.2, -0.15) is 0 Å². The Kier molecular flexibility index (Phi) is 2.66. The van der Waals surface area contributed by atoms with Crippen molar-refractivity contribution in [3.05, 3.63) is 42.0 Å². The molecule has 0 amide bonds. The van der Waals surface area contributed by atoms with Crippen molar-refractivity contribution in [2.75, 3.05) is 0 Å². The lowest BCUT2D eigenvalue weighted by atomic mass is 10.1. The molecule has 0 aliphatic heterocycles. The summed E-state index contributed by atoms with van der Waals surface area (Å²) in [5, 5.41) is 9.36. The summed E-state index contributed by atoms with van der Waals surface area (Å²) in [6, 6.07) is 5.17. The number of aromatic nitrogens is 2. The zero-order valence-electron chi connectivity index (χ0n) is 9.38. The lowest BCUT2D eigenvalue weighted by molar-refractivity contribution is 0.474. The summed E-state index contributed by atoms with van der Waals surface area (Å²) in [7, 11) is 0. The lowest BCUT2D eigenvalue weighted by Crippen LogP contribution is -2.11. The van der Waals surface area contributed by atoms with Crippen LogP contribution in [0.2, 0.25) is 0 Å². The molecule has 2 aromatic rings. The van der Waals surface area contributed by atoms with Crippen molar-refractivity contribution in [1.29, 1.82) is 0 Å². The van der Waals surface area contributed by atoms with Crippen molar-refractivity contribution < 1.29 is 5.11 Å². The van der Waals surface area contributed by atoms with Gasteiger partial charge >= 0.3 is 0 Å². The number of imidazole rings is 1. The summed E-state index contributed by atoms with van der Waals surface area (Å²) >= 11 is 0. The highest BCUT2D eigenvalue weighted by molar-refractivity contribution is 5.45. The number of benzene rings is 1. The van der Waals surface area contributed by atoms with E-state index >= 15 is 0 Å². The smallest absolute Gasteiger partial charge is 0.115 e. The molecule has 16 heavy (non-hydrogen) atoms. The third-order valence-electron chi connectivity index (χ3n) is 2.57. The van der Waals surface area contributed by atoms with E-state index in [1.807, 2.05) is 24.5 Å². The second-order valence-corrected chi connectivity index (χ2v) is 3.95. The van der Waals surface area contributed by atoms with Crippen molar-refractivity contribution in [3.63, 3.8) is 0 Å². The summed E-state index contributed by atoms with van der Waals surface area (Å²) in [5.41, 5.74) is 8.79. The van der Waals surface area contributed by atoms with Crippen molar-refractivity contribution in [2.24, 2.45) is 5.73 Å². The molecule has 1 aromatic carbocycles. The van der Waals surface area contributed by atoms with Crippen LogP contribution in [0.1, 0.15) is 24.2 Å². The van der Waals surface area contributed by atoms with Gasteiger partial charge in [0.25, 0.3) is 0 Å². The second kappa shape index (κ2) is 3.98. The molecule has 2 rings (SSSR count). The van der Waals surface area contributed by atoms with Gasteiger partial charge in [0.05, 0.1) is 23.9 Å². The predicted molar refractivity (Wildman–Crippen MR) is 62.6 cm³/mol. The average molecular weight is 217 g/mol. The van der Waals surface area contributed by atoms with Gasteiger partial charge in [-0.25, -0.2) is 4.98 Å². The Balaban J connectivity index is 2.54. The van der Waals surface area contributed by atoms with Crippen molar-refractivity contribution >= 4 is 0 Å². The standard InChI is InChI=1S/C12H15N3O/c1-8-5-10(16)3-4-11(8)15-7-14-6-12(15)9(2)13/h3-7,9,16H,13H2,1-2H3. The molecule has 0 spiro atoms. The fourth-order valence-electron chi connectivity index (χ4n) is 1.75. The molecule has 0 saturated carbocycles. The summed E-state index contributed by atoms with van der Waals surface area (Å²) in [5.74, 6) is 0.267. The van der Waals surface area contributed by atoms with Crippen LogP contribution >= 0.6 is 0 Å². The van der Waals surface area contributed by atoms with E-state index in [1.165, 1.54) is 0 Å². The minimum absolute atomic E-state index is 0.0734. The quantitative estimate of drug-likeness (QED) is 0.807. The molecule has 0 aliphatic carbocycles. The maximum absolute atomic E-state index is 9.36. The van der Waals surface area contributed by atoms with Gasteiger partial charge in [-0.3, -0.25) is 0 Å². The molecular formula is C12H15N3O. The van der Waals surface area contributed by atoms with Crippen LogP contribution in [0.3, 0.4) is 0 Å². The van der Waals surface area contributed by atoms with Gasteiger partial charge in [-0.1, -0.05) is 0 Å². The third-order valence-corrected chi connectivity index (χ3v) is 2.57. The first-order valence-corrected chi connectivity index (χ1v) is 5.17. The van der Waals surface area contributed by atoms with E-state index in [2.05, 4.69) is 4.98 Å². The summed E-state index contributed by atoms with van der Waals surface area (Å²) in [6.07, 6.45) is 3.50. The minimum atomic E-state index is -0.0734. The number of hydrogen-bond acceptors (Lipinski definition) is 3. The number of phenols is 1. The van der Waals surface area contributed by atoms with Crippen molar-refractivity contribution in [2.45, 2.75) is 19.9 Å². The monoisotopic (exact) mass is 217 g/mol. The zero-order valence-corrected chi connectivity index (χ0v) is 9.38. The third kappa shape index (κ3) is 1.79. The van der Waals surface area contributed by atoms with Crippen LogP contribution in [0, 0.1) is 6.92 Å². The Morgan fingerprint density at radius 1 is 1.44 bits per heavy atom. The molecule has 1 heterocycles. The van der Waals surface area contributed by atoms with Gasteiger partial charge in [0, 0.05) is 6.04 Å². The number of nitrogens with zero attached hydrogens (tertiary/aromatic N) is 2. The molecule has 3 N–H and O–H groups in total. The molecule has 0 aliphatic rings. The Labute approximate surface area is 94.4 Å². The minimum Gasteiger partial charge on any atom is -0.508 e. The average Bonchev–Trinajstić information content (AvgIpc) is 2.66. The number of rotatable bonds is 2. The van der Waals surface area contributed by atoms with Gasteiger partial charge in [0.15, 0.2) is 0 Å². The first kappa shape index (κ1) is 10.7. The number of aromatic hydroxyl groups is 1. The van der Waals surface area contributed by atoms with Crippen LogP contribution in [0.15, 0.2) is 30.7 Å².